The van der Waals surface area contributed by atoms with Gasteiger partial charge in [0.15, 0.2) is 5.82 Å². The molecular weight excluding hydrogens is 515 g/mol. The number of halogens is 3. The number of urea groups is 1. The second-order valence-electron chi connectivity index (χ2n) is 9.35. The number of benzene rings is 2. The molecule has 3 aromatic rings. The van der Waals surface area contributed by atoms with Crippen LogP contribution in [0.4, 0.5) is 40.8 Å². The van der Waals surface area contributed by atoms with Crippen molar-refractivity contribution in [1.29, 1.82) is 0 Å². The summed E-state index contributed by atoms with van der Waals surface area (Å²) >= 11 is 0. The third-order valence-electron chi connectivity index (χ3n) is 6.42. The molecule has 1 aromatic heterocycles. The predicted molar refractivity (Wildman–Crippen MR) is 141 cm³/mol. The molecule has 0 unspecified atom stereocenters. The number of carbonyl (C=O) groups is 1. The maximum absolute atomic E-state index is 13.6. The van der Waals surface area contributed by atoms with E-state index in [2.05, 4.69) is 30.8 Å². The number of nitrogens with one attached hydrogen (secondary N) is 3. The van der Waals surface area contributed by atoms with Crippen molar-refractivity contribution in [3.05, 3.63) is 53.9 Å². The Morgan fingerprint density at radius 1 is 1.05 bits per heavy atom. The van der Waals surface area contributed by atoms with Gasteiger partial charge in [0.05, 0.1) is 12.1 Å². The fraction of sp³-hybridized carbons (Fsp3) is 0.346. The number of hydrogen-bond donors (Lipinski definition) is 3. The minimum atomic E-state index is -4.55. The Bertz CT molecular complexity index is 1360. The molecule has 0 atom stereocenters. The molecule has 0 radical (unpaired) electrons. The topological polar surface area (TPSA) is 104 Å². The number of anilines is 4. The van der Waals surface area contributed by atoms with E-state index in [1.807, 2.05) is 11.9 Å². The summed E-state index contributed by atoms with van der Waals surface area (Å²) in [5.41, 5.74) is 0.774. The first-order valence-corrected chi connectivity index (χ1v) is 12.4. The number of carbonyl (C=O) groups excluding carboxylic acids is 1. The van der Waals surface area contributed by atoms with E-state index in [1.54, 1.807) is 31.2 Å². The molecule has 2 aliphatic rings. The van der Waals surface area contributed by atoms with Crippen molar-refractivity contribution in [1.82, 2.24) is 14.9 Å². The number of fused-ring (bicyclic) bond motifs is 1. The maximum atomic E-state index is 13.6. The molecule has 2 aliphatic heterocycles. The van der Waals surface area contributed by atoms with Crippen molar-refractivity contribution in [3.63, 3.8) is 0 Å². The van der Waals surface area contributed by atoms with E-state index >= 15 is 0 Å². The van der Waals surface area contributed by atoms with Gasteiger partial charge in [0.2, 0.25) is 5.75 Å². The SMILES string of the molecule is Cc1cc(NC(=O)Nc2cc(N3CCN(C)CC3)cc(C(F)(F)F)c2)ccc1Oc1ncnc2c1OCCN2. The summed E-state index contributed by atoms with van der Waals surface area (Å²) in [5.74, 6) is 1.71. The number of alkyl halides is 3. The molecule has 2 amide bonds. The summed E-state index contributed by atoms with van der Waals surface area (Å²) in [6, 6.07) is 7.90. The van der Waals surface area contributed by atoms with Crippen molar-refractivity contribution in [2.45, 2.75) is 13.1 Å². The Morgan fingerprint density at radius 3 is 2.56 bits per heavy atom. The van der Waals surface area contributed by atoms with Gasteiger partial charge in [-0.15, -0.1) is 0 Å². The normalized spacial score (nSPS) is 15.6. The van der Waals surface area contributed by atoms with Gasteiger partial charge >= 0.3 is 12.2 Å². The van der Waals surface area contributed by atoms with E-state index in [1.165, 1.54) is 6.33 Å². The summed E-state index contributed by atoms with van der Waals surface area (Å²) < 4.78 is 52.4. The van der Waals surface area contributed by atoms with Crippen LogP contribution < -0.4 is 30.3 Å². The van der Waals surface area contributed by atoms with Crippen LogP contribution in [0.25, 0.3) is 0 Å². The summed E-state index contributed by atoms with van der Waals surface area (Å²) in [4.78, 5) is 25.0. The molecule has 206 valence electrons. The van der Waals surface area contributed by atoms with Crippen LogP contribution in [0.3, 0.4) is 0 Å². The number of aromatic nitrogens is 2. The van der Waals surface area contributed by atoms with E-state index in [9.17, 15) is 18.0 Å². The van der Waals surface area contributed by atoms with Crippen molar-refractivity contribution in [3.8, 4) is 17.4 Å². The van der Waals surface area contributed by atoms with Gasteiger partial charge in [0.25, 0.3) is 5.88 Å². The molecule has 39 heavy (non-hydrogen) atoms. The number of aryl methyl sites for hydroxylation is 1. The summed E-state index contributed by atoms with van der Waals surface area (Å²) in [6.45, 7) is 5.54. The molecule has 0 spiro atoms. The Hall–Kier alpha value is -4.26. The smallest absolute Gasteiger partial charge is 0.416 e. The Morgan fingerprint density at radius 2 is 1.82 bits per heavy atom. The van der Waals surface area contributed by atoms with E-state index in [0.29, 0.717) is 60.5 Å². The van der Waals surface area contributed by atoms with Crippen molar-refractivity contribution >= 4 is 28.9 Å². The third kappa shape index (κ3) is 6.25. The first-order valence-electron chi connectivity index (χ1n) is 12.4. The van der Waals surface area contributed by atoms with E-state index in [0.717, 1.165) is 25.2 Å². The van der Waals surface area contributed by atoms with Crippen LogP contribution in [0.15, 0.2) is 42.7 Å². The lowest BCUT2D eigenvalue weighted by molar-refractivity contribution is -0.137. The van der Waals surface area contributed by atoms with Crippen molar-refractivity contribution in [2.24, 2.45) is 0 Å². The van der Waals surface area contributed by atoms with Crippen molar-refractivity contribution < 1.29 is 27.4 Å². The van der Waals surface area contributed by atoms with Crippen LogP contribution in [-0.2, 0) is 6.18 Å². The van der Waals surface area contributed by atoms with Gasteiger partial charge in [0.1, 0.15) is 18.7 Å². The standard InChI is InChI=1S/C26H28F3N7O3/c1-16-11-18(3-4-21(16)39-24-22-23(31-15-32-24)30-5-10-38-22)33-25(37)34-19-12-17(26(27,28)29)13-20(14-19)36-8-6-35(2)7-9-36/h3-4,11-15H,5-10H2,1-2H3,(H,30,31,32)(H2,33,34,37). The zero-order valence-electron chi connectivity index (χ0n) is 21.4. The number of likely N-dealkylation sites (N-methyl/N-ethyl adjacent to an activating group) is 1. The highest BCUT2D eigenvalue weighted by Gasteiger charge is 2.32. The molecular formula is C26H28F3N7O3. The van der Waals surface area contributed by atoms with Crippen LogP contribution in [0, 0.1) is 6.92 Å². The largest absolute Gasteiger partial charge is 0.483 e. The first-order chi connectivity index (χ1) is 18.7. The minimum Gasteiger partial charge on any atom is -0.483 e. The van der Waals surface area contributed by atoms with Gasteiger partial charge in [-0.2, -0.15) is 18.2 Å². The van der Waals surface area contributed by atoms with Gasteiger partial charge < -0.3 is 35.2 Å². The zero-order valence-corrected chi connectivity index (χ0v) is 21.4. The summed E-state index contributed by atoms with van der Waals surface area (Å²) in [7, 11) is 1.97. The molecule has 1 saturated heterocycles. The van der Waals surface area contributed by atoms with Gasteiger partial charge in [0, 0.05) is 43.2 Å². The Balaban J connectivity index is 1.28. The summed E-state index contributed by atoms with van der Waals surface area (Å²) in [6.07, 6.45) is -3.18. The molecule has 0 saturated carbocycles. The molecule has 3 heterocycles. The van der Waals surface area contributed by atoms with Crippen LogP contribution in [0.2, 0.25) is 0 Å². The molecule has 13 heteroatoms. The molecule has 0 aliphatic carbocycles. The number of nitrogens with zero attached hydrogens (tertiary/aromatic N) is 4. The minimum absolute atomic E-state index is 0.0510. The van der Waals surface area contributed by atoms with Crippen LogP contribution >= 0.6 is 0 Å². The highest BCUT2D eigenvalue weighted by atomic mass is 19.4. The fourth-order valence-corrected chi connectivity index (χ4v) is 4.34. The number of hydrogen-bond acceptors (Lipinski definition) is 8. The molecule has 0 bridgehead atoms. The molecule has 10 nitrogen and oxygen atoms in total. The van der Waals surface area contributed by atoms with Gasteiger partial charge in [-0.05, 0) is 55.9 Å². The second kappa shape index (κ2) is 10.8. The van der Waals surface area contributed by atoms with E-state index in [-0.39, 0.29) is 11.6 Å². The van der Waals surface area contributed by atoms with Crippen LogP contribution in [0.1, 0.15) is 11.1 Å². The van der Waals surface area contributed by atoms with E-state index in [4.69, 9.17) is 9.47 Å². The highest BCUT2D eigenvalue weighted by molar-refractivity contribution is 6.00. The van der Waals surface area contributed by atoms with Gasteiger partial charge in [-0.1, -0.05) is 0 Å². The monoisotopic (exact) mass is 543 g/mol. The van der Waals surface area contributed by atoms with Crippen LogP contribution in [-0.4, -0.2) is 67.3 Å². The highest BCUT2D eigenvalue weighted by Crippen LogP contribution is 2.38. The van der Waals surface area contributed by atoms with Crippen molar-refractivity contribution in [2.75, 3.05) is 67.2 Å². The molecule has 5 rings (SSSR count). The maximum Gasteiger partial charge on any atom is 0.416 e. The van der Waals surface area contributed by atoms with Crippen LogP contribution in [0.5, 0.6) is 17.4 Å². The van der Waals surface area contributed by atoms with Gasteiger partial charge in [-0.25, -0.2) is 9.78 Å². The lowest BCUT2D eigenvalue weighted by atomic mass is 10.1. The molecule has 3 N–H and O–H groups in total. The number of rotatable bonds is 5. The fourth-order valence-electron chi connectivity index (χ4n) is 4.34. The molecule has 2 aromatic carbocycles. The average Bonchev–Trinajstić information content (AvgIpc) is 2.90. The second-order valence-corrected chi connectivity index (χ2v) is 9.35. The van der Waals surface area contributed by atoms with Gasteiger partial charge in [-0.3, -0.25) is 0 Å². The molecule has 1 fully saturated rings. The zero-order chi connectivity index (χ0) is 27.6. The predicted octanol–water partition coefficient (Wildman–Crippen LogP) is 4.80. The summed E-state index contributed by atoms with van der Waals surface area (Å²) in [5, 5.41) is 8.32. The first kappa shape index (κ1) is 26.4. The number of amides is 2. The lowest BCUT2D eigenvalue weighted by Crippen LogP contribution is -2.44. The third-order valence-corrected chi connectivity index (χ3v) is 6.42. The number of ether oxygens (including phenoxy) is 2. The Kier molecular flexibility index (Phi) is 7.33. The average molecular weight is 544 g/mol. The van der Waals surface area contributed by atoms with E-state index < -0.39 is 17.8 Å². The lowest BCUT2D eigenvalue weighted by Gasteiger charge is -2.34. The number of piperazine rings is 1. The quantitative estimate of drug-likeness (QED) is 0.422. The Labute approximate surface area is 223 Å².